The van der Waals surface area contributed by atoms with E-state index in [1.807, 2.05) is 0 Å². The molecule has 2 rings (SSSR count). The van der Waals surface area contributed by atoms with Gasteiger partial charge in [-0.3, -0.25) is 9.89 Å². The van der Waals surface area contributed by atoms with Gasteiger partial charge in [0, 0.05) is 66.1 Å². The van der Waals surface area contributed by atoms with Crippen LogP contribution in [0, 0.1) is 0 Å². The molecule has 8 heteroatoms. The number of halogens is 1. The highest BCUT2D eigenvalue weighted by molar-refractivity contribution is 14.0. The second kappa shape index (κ2) is 15.6. The van der Waals surface area contributed by atoms with Crippen LogP contribution in [-0.4, -0.2) is 100 Å². The molecular formula is C21H43IN4O3. The highest BCUT2D eigenvalue weighted by Crippen LogP contribution is 2.14. The lowest BCUT2D eigenvalue weighted by Gasteiger charge is -2.35. The van der Waals surface area contributed by atoms with Gasteiger partial charge >= 0.3 is 0 Å². The maximum atomic E-state index is 5.97. The van der Waals surface area contributed by atoms with Crippen molar-refractivity contribution in [3.63, 3.8) is 0 Å². The van der Waals surface area contributed by atoms with Crippen LogP contribution in [0.25, 0.3) is 0 Å². The lowest BCUT2D eigenvalue weighted by atomic mass is 10.1. The van der Waals surface area contributed by atoms with Gasteiger partial charge in [-0.05, 0) is 46.5 Å². The molecule has 0 saturated carbocycles. The number of hydrogen-bond donors (Lipinski definition) is 1. The van der Waals surface area contributed by atoms with Gasteiger partial charge in [-0.15, -0.1) is 24.0 Å². The number of ether oxygens (including phenoxy) is 3. The van der Waals surface area contributed by atoms with Crippen molar-refractivity contribution >= 4 is 29.9 Å². The van der Waals surface area contributed by atoms with E-state index in [0.29, 0.717) is 18.3 Å². The lowest BCUT2D eigenvalue weighted by Crippen LogP contribution is -2.47. The zero-order valence-corrected chi connectivity index (χ0v) is 21.2. The summed E-state index contributed by atoms with van der Waals surface area (Å²) in [6.07, 6.45) is 5.25. The first kappa shape index (κ1) is 26.9. The lowest BCUT2D eigenvalue weighted by molar-refractivity contribution is -0.0679. The van der Waals surface area contributed by atoms with Gasteiger partial charge < -0.3 is 24.4 Å². The molecule has 2 atom stereocenters. The number of likely N-dealkylation sites (tertiary alicyclic amines) is 1. The van der Waals surface area contributed by atoms with Crippen molar-refractivity contribution in [1.29, 1.82) is 0 Å². The smallest absolute Gasteiger partial charge is 0.193 e. The summed E-state index contributed by atoms with van der Waals surface area (Å²) in [6.45, 7) is 15.0. The van der Waals surface area contributed by atoms with Gasteiger partial charge in [0.2, 0.25) is 0 Å². The van der Waals surface area contributed by atoms with Gasteiger partial charge in [-0.1, -0.05) is 0 Å². The Labute approximate surface area is 194 Å². The molecule has 29 heavy (non-hydrogen) atoms. The number of piperidine rings is 1. The average Bonchev–Trinajstić information content (AvgIpc) is 2.67. The Morgan fingerprint density at radius 2 is 1.79 bits per heavy atom. The summed E-state index contributed by atoms with van der Waals surface area (Å²) in [5.41, 5.74) is 0. The topological polar surface area (TPSA) is 58.6 Å². The zero-order valence-electron chi connectivity index (χ0n) is 18.9. The summed E-state index contributed by atoms with van der Waals surface area (Å²) in [6, 6.07) is 0. The van der Waals surface area contributed by atoms with Gasteiger partial charge in [0.25, 0.3) is 0 Å². The number of rotatable bonds is 10. The number of aliphatic imine (C=N–C) groups is 1. The molecule has 0 aromatic rings. The molecule has 0 amide bonds. The summed E-state index contributed by atoms with van der Waals surface area (Å²) < 4.78 is 16.9. The summed E-state index contributed by atoms with van der Waals surface area (Å²) >= 11 is 0. The van der Waals surface area contributed by atoms with Crippen molar-refractivity contribution in [3.05, 3.63) is 0 Å². The van der Waals surface area contributed by atoms with Gasteiger partial charge in [-0.2, -0.15) is 0 Å². The molecule has 1 N–H and O–H groups in total. The van der Waals surface area contributed by atoms with Crippen LogP contribution in [0.2, 0.25) is 0 Å². The number of hydrogen-bond acceptors (Lipinski definition) is 5. The average molecular weight is 527 g/mol. The van der Waals surface area contributed by atoms with Crippen molar-refractivity contribution in [2.75, 3.05) is 66.1 Å². The van der Waals surface area contributed by atoms with E-state index in [2.05, 4.69) is 35.9 Å². The van der Waals surface area contributed by atoms with Crippen LogP contribution in [0.15, 0.2) is 4.99 Å². The minimum Gasteiger partial charge on any atom is -0.385 e. The first-order chi connectivity index (χ1) is 13.6. The number of morpholine rings is 1. The molecule has 7 nitrogen and oxygen atoms in total. The van der Waals surface area contributed by atoms with Gasteiger partial charge in [0.15, 0.2) is 5.96 Å². The second-order valence-corrected chi connectivity index (χ2v) is 8.01. The van der Waals surface area contributed by atoms with Gasteiger partial charge in [0.05, 0.1) is 18.3 Å². The predicted molar refractivity (Wildman–Crippen MR) is 129 cm³/mol. The maximum Gasteiger partial charge on any atom is 0.193 e. The molecular weight excluding hydrogens is 483 g/mol. The molecule has 0 bridgehead atoms. The quantitative estimate of drug-likeness (QED) is 0.205. The standard InChI is InChI=1S/C21H42N4O3.HI/c1-5-22-21(23-10-6-11-24-16-18(2)28-19(3)17-24)25-12-8-20(9-13-25)27-15-7-14-26-4;/h18-20H,5-17H2,1-4H3,(H,22,23);1H. The summed E-state index contributed by atoms with van der Waals surface area (Å²) in [4.78, 5) is 9.78. The fourth-order valence-electron chi connectivity index (χ4n) is 4.06. The molecule has 2 aliphatic rings. The maximum absolute atomic E-state index is 5.97. The van der Waals surface area contributed by atoms with E-state index in [1.165, 1.54) is 0 Å². The monoisotopic (exact) mass is 526 g/mol. The number of nitrogens with zero attached hydrogens (tertiary/aromatic N) is 3. The first-order valence-corrected chi connectivity index (χ1v) is 11.1. The minimum absolute atomic E-state index is 0. The van der Waals surface area contributed by atoms with E-state index >= 15 is 0 Å². The van der Waals surface area contributed by atoms with Crippen LogP contribution in [0.1, 0.15) is 46.5 Å². The Morgan fingerprint density at radius 1 is 1.10 bits per heavy atom. The van der Waals surface area contributed by atoms with Crippen LogP contribution in [0.3, 0.4) is 0 Å². The Bertz CT molecular complexity index is 438. The Hall–Kier alpha value is -0.160. The number of methoxy groups -OCH3 is 1. The van der Waals surface area contributed by atoms with Gasteiger partial charge in [0.1, 0.15) is 0 Å². The van der Waals surface area contributed by atoms with E-state index in [9.17, 15) is 0 Å². The van der Waals surface area contributed by atoms with E-state index < -0.39 is 0 Å². The molecule has 2 heterocycles. The van der Waals surface area contributed by atoms with Crippen LogP contribution < -0.4 is 5.32 Å². The second-order valence-electron chi connectivity index (χ2n) is 8.01. The molecule has 2 aliphatic heterocycles. The van der Waals surface area contributed by atoms with Crippen molar-refractivity contribution < 1.29 is 14.2 Å². The minimum atomic E-state index is 0. The third-order valence-electron chi connectivity index (χ3n) is 5.31. The van der Waals surface area contributed by atoms with E-state index in [-0.39, 0.29) is 24.0 Å². The molecule has 0 radical (unpaired) electrons. The van der Waals surface area contributed by atoms with Crippen molar-refractivity contribution in [2.45, 2.75) is 64.8 Å². The first-order valence-electron chi connectivity index (χ1n) is 11.1. The molecule has 172 valence electrons. The van der Waals surface area contributed by atoms with Crippen LogP contribution in [-0.2, 0) is 14.2 Å². The fraction of sp³-hybridized carbons (Fsp3) is 0.952. The van der Waals surface area contributed by atoms with Crippen molar-refractivity contribution in [1.82, 2.24) is 15.1 Å². The molecule has 0 spiro atoms. The summed E-state index contributed by atoms with van der Waals surface area (Å²) in [7, 11) is 1.74. The van der Waals surface area contributed by atoms with E-state index in [0.717, 1.165) is 90.7 Å². The summed E-state index contributed by atoms with van der Waals surface area (Å²) in [5.74, 6) is 1.06. The zero-order chi connectivity index (χ0) is 20.2. The Kier molecular flexibility index (Phi) is 14.5. The van der Waals surface area contributed by atoms with E-state index in [4.69, 9.17) is 19.2 Å². The highest BCUT2D eigenvalue weighted by atomic mass is 127. The molecule has 2 saturated heterocycles. The molecule has 2 unspecified atom stereocenters. The Morgan fingerprint density at radius 3 is 2.41 bits per heavy atom. The molecule has 0 aliphatic carbocycles. The highest BCUT2D eigenvalue weighted by Gasteiger charge is 2.23. The van der Waals surface area contributed by atoms with Crippen molar-refractivity contribution in [2.24, 2.45) is 4.99 Å². The third-order valence-corrected chi connectivity index (χ3v) is 5.31. The van der Waals surface area contributed by atoms with Crippen molar-refractivity contribution in [3.8, 4) is 0 Å². The van der Waals surface area contributed by atoms with Crippen LogP contribution in [0.4, 0.5) is 0 Å². The largest absolute Gasteiger partial charge is 0.385 e. The fourth-order valence-corrected chi connectivity index (χ4v) is 4.06. The van der Waals surface area contributed by atoms with Gasteiger partial charge in [-0.25, -0.2) is 0 Å². The summed E-state index contributed by atoms with van der Waals surface area (Å²) in [5, 5.41) is 3.46. The SMILES string of the molecule is CCNC(=NCCCN1CC(C)OC(C)C1)N1CCC(OCCCOC)CC1.I. The normalized spacial score (nSPS) is 24.4. The third kappa shape index (κ3) is 10.6. The Balaban J connectivity index is 0.00000420. The molecule has 0 aromatic carbocycles. The molecule has 2 fully saturated rings. The number of guanidine groups is 1. The van der Waals surface area contributed by atoms with Crippen LogP contribution in [0.5, 0.6) is 0 Å². The van der Waals surface area contributed by atoms with Crippen LogP contribution >= 0.6 is 24.0 Å². The van der Waals surface area contributed by atoms with E-state index in [1.54, 1.807) is 7.11 Å². The number of nitrogens with one attached hydrogen (secondary N) is 1. The molecule has 0 aromatic heterocycles. The predicted octanol–water partition coefficient (Wildman–Crippen LogP) is 2.59.